The first kappa shape index (κ1) is 6.44. The Morgan fingerprint density at radius 1 is 1.22 bits per heavy atom. The number of hydrogen-bond donors (Lipinski definition) is 0. The Bertz CT molecular complexity index is 224. The first-order chi connectivity index (χ1) is 4.43. The summed E-state index contributed by atoms with van der Waals surface area (Å²) in [5, 5.41) is 0. The minimum absolute atomic E-state index is 0.943. The second-order valence-electron chi connectivity index (χ2n) is 1.55. The van der Waals surface area contributed by atoms with Gasteiger partial charge in [-0.05, 0) is 0 Å². The normalized spacial score (nSPS) is 8.00. The van der Waals surface area contributed by atoms with Crippen molar-refractivity contribution in [2.24, 2.45) is 4.99 Å². The summed E-state index contributed by atoms with van der Waals surface area (Å²) in [5.74, 6) is 0. The molecule has 1 aromatic carbocycles. The number of benzene rings is 1. The number of nitrogens with zero attached hydrogens (tertiary/aromatic N) is 1. The van der Waals surface area contributed by atoms with Crippen LogP contribution in [0, 0.1) is 0 Å². The molecule has 9 heavy (non-hydrogen) atoms. The first-order valence-corrected chi connectivity index (χ1v) is 3.52. The average molecular weight is 183 g/mol. The molecule has 1 radical (unpaired) electrons. The third kappa shape index (κ3) is 1.94. The molecule has 0 amide bonds. The van der Waals surface area contributed by atoms with Crippen molar-refractivity contribution in [1.29, 1.82) is 0 Å². The molecule has 0 saturated carbocycles. The predicted octanol–water partition coefficient (Wildman–Crippen LogP) is 1.12. The molecule has 0 N–H and O–H groups in total. The van der Waals surface area contributed by atoms with Crippen molar-refractivity contribution in [2.75, 3.05) is 0 Å². The van der Waals surface area contributed by atoms with Crippen molar-refractivity contribution in [3.63, 3.8) is 0 Å². The second kappa shape index (κ2) is 3.37. The maximum absolute atomic E-state index is 3.93. The molecular weight excluding hydrogens is 177 g/mol. The molecule has 0 saturated heterocycles. The van der Waals surface area contributed by atoms with E-state index >= 15 is 0 Å². The van der Waals surface area contributed by atoms with Crippen LogP contribution in [-0.4, -0.2) is 20.3 Å². The van der Waals surface area contributed by atoms with Crippen molar-refractivity contribution in [2.45, 2.75) is 0 Å². The van der Waals surface area contributed by atoms with Gasteiger partial charge >= 0.3 is 61.3 Å². The molecule has 0 unspecified atom stereocenters. The molecule has 1 nitrogen and oxygen atoms in total. The zero-order valence-corrected chi connectivity index (χ0v) is 6.66. The Hall–Kier alpha value is -0.681. The van der Waals surface area contributed by atoms with Crippen LogP contribution in [0.5, 0.6) is 0 Å². The molecule has 0 fully saturated rings. The van der Waals surface area contributed by atoms with Crippen LogP contribution in [0.2, 0.25) is 0 Å². The van der Waals surface area contributed by atoms with Gasteiger partial charge in [0.2, 0.25) is 0 Å². The van der Waals surface area contributed by atoms with E-state index in [1.54, 1.807) is 0 Å². The van der Waals surface area contributed by atoms with Gasteiger partial charge in [0.1, 0.15) is 0 Å². The maximum atomic E-state index is 3.93. The van der Waals surface area contributed by atoms with Crippen LogP contribution in [0.25, 0.3) is 0 Å². The van der Waals surface area contributed by atoms with E-state index in [0.29, 0.717) is 0 Å². The van der Waals surface area contributed by atoms with Crippen LogP contribution in [0.15, 0.2) is 35.3 Å². The summed E-state index contributed by atoms with van der Waals surface area (Å²) in [7, 11) is 0. The standard InChI is InChI=1S/C7H6NSe/c9-6-8-7-4-2-1-3-5-7/h1-5,9H. The molecule has 45 valence electrons. The van der Waals surface area contributed by atoms with Crippen LogP contribution in [0.4, 0.5) is 5.69 Å². The molecule has 2 heteroatoms. The molecule has 1 rings (SSSR count). The van der Waals surface area contributed by atoms with E-state index in [-0.39, 0.29) is 0 Å². The molecule has 0 bridgehead atoms. The van der Waals surface area contributed by atoms with Crippen LogP contribution in [-0.2, 0) is 0 Å². The molecule has 0 aliphatic heterocycles. The molecule has 1 aromatic rings. The van der Waals surface area contributed by atoms with Gasteiger partial charge in [0.25, 0.3) is 0 Å². The second-order valence-corrected chi connectivity index (χ2v) is 1.97. The minimum atomic E-state index is 0.943. The fraction of sp³-hybridized carbons (Fsp3) is 0. The Balaban J connectivity index is 2.97. The molecule has 0 aliphatic carbocycles. The van der Waals surface area contributed by atoms with Gasteiger partial charge in [-0.3, -0.25) is 0 Å². The van der Waals surface area contributed by atoms with Crippen LogP contribution < -0.4 is 0 Å². The van der Waals surface area contributed by atoms with Gasteiger partial charge in [-0.2, -0.15) is 0 Å². The van der Waals surface area contributed by atoms with Gasteiger partial charge in [0.05, 0.1) is 0 Å². The van der Waals surface area contributed by atoms with Crippen LogP contribution >= 0.6 is 0 Å². The van der Waals surface area contributed by atoms with Gasteiger partial charge in [0, 0.05) is 0 Å². The van der Waals surface area contributed by atoms with Gasteiger partial charge in [0.15, 0.2) is 0 Å². The summed E-state index contributed by atoms with van der Waals surface area (Å²) in [6.07, 6.45) is 0. The van der Waals surface area contributed by atoms with E-state index in [1.165, 1.54) is 0 Å². The summed E-state index contributed by atoms with van der Waals surface area (Å²) in [5.41, 5.74) is 0.943. The number of hydrogen-bond acceptors (Lipinski definition) is 1. The average Bonchev–Trinajstić information content (AvgIpc) is 1.91. The van der Waals surface area contributed by atoms with Crippen LogP contribution in [0.3, 0.4) is 0 Å². The summed E-state index contributed by atoms with van der Waals surface area (Å²) >= 11 is 2.18. The Morgan fingerprint density at radius 2 is 1.89 bits per heavy atom. The third-order valence-corrected chi connectivity index (χ3v) is 1.15. The van der Waals surface area contributed by atoms with E-state index in [1.807, 2.05) is 30.3 Å². The fourth-order valence-corrected chi connectivity index (χ4v) is 0.803. The quantitative estimate of drug-likeness (QED) is 0.457. The van der Waals surface area contributed by atoms with Crippen molar-refractivity contribution in [3.8, 4) is 0 Å². The number of aliphatic imine (C=N–C) groups is 1. The molecule has 0 aromatic heterocycles. The van der Waals surface area contributed by atoms with Crippen molar-refractivity contribution in [3.05, 3.63) is 30.3 Å². The molecule has 0 atom stereocenters. The molecule has 0 aliphatic rings. The van der Waals surface area contributed by atoms with E-state index in [9.17, 15) is 0 Å². The van der Waals surface area contributed by atoms with Crippen LogP contribution in [0.1, 0.15) is 0 Å². The molecular formula is C7H6NSe. The first-order valence-electron chi connectivity index (χ1n) is 2.58. The summed E-state index contributed by atoms with van der Waals surface area (Å²) in [6, 6.07) is 9.72. The van der Waals surface area contributed by atoms with Crippen molar-refractivity contribution < 1.29 is 0 Å². The van der Waals surface area contributed by atoms with Crippen molar-refractivity contribution in [1.82, 2.24) is 0 Å². The van der Waals surface area contributed by atoms with E-state index in [2.05, 4.69) is 25.3 Å². The molecule has 0 heterocycles. The van der Waals surface area contributed by atoms with E-state index < -0.39 is 0 Å². The van der Waals surface area contributed by atoms with E-state index in [4.69, 9.17) is 0 Å². The number of para-hydroxylation sites is 1. The summed E-state index contributed by atoms with van der Waals surface area (Å²) in [4.78, 5) is 3.93. The van der Waals surface area contributed by atoms with Crippen molar-refractivity contribution >= 4 is 26.0 Å². The zero-order valence-electron chi connectivity index (χ0n) is 4.78. The fourth-order valence-electron chi connectivity index (χ4n) is 0.560. The van der Waals surface area contributed by atoms with E-state index in [0.717, 1.165) is 5.69 Å². The topological polar surface area (TPSA) is 12.4 Å². The Labute approximate surface area is 61.8 Å². The monoisotopic (exact) mass is 184 g/mol. The summed E-state index contributed by atoms with van der Waals surface area (Å²) in [6.45, 7) is 0. The third-order valence-electron chi connectivity index (χ3n) is 0.935. The molecule has 0 spiro atoms. The summed E-state index contributed by atoms with van der Waals surface area (Å²) < 4.78 is 2.65. The SMILES string of the molecule is [SeH]=C=Nc1ccccc1. The number of rotatable bonds is 1. The van der Waals surface area contributed by atoms with Gasteiger partial charge in [-0.15, -0.1) is 0 Å². The Kier molecular flexibility index (Phi) is 2.41. The van der Waals surface area contributed by atoms with Gasteiger partial charge < -0.3 is 0 Å². The zero-order chi connectivity index (χ0) is 6.53. The predicted molar refractivity (Wildman–Crippen MR) is 40.7 cm³/mol. The van der Waals surface area contributed by atoms with Gasteiger partial charge in [-0.25, -0.2) is 0 Å². The Morgan fingerprint density at radius 3 is 2.44 bits per heavy atom. The van der Waals surface area contributed by atoms with Gasteiger partial charge in [-0.1, -0.05) is 0 Å².